The smallest absolute Gasteiger partial charge is 0.123 e. The van der Waals surface area contributed by atoms with Crippen LogP contribution in [0.4, 0.5) is 15.8 Å². The second-order valence-electron chi connectivity index (χ2n) is 10.4. The minimum atomic E-state index is -1.52. The number of aromatic nitrogens is 1. The molecule has 0 saturated heterocycles. The Balaban J connectivity index is 1.40. The lowest BCUT2D eigenvalue weighted by Gasteiger charge is -2.23. The van der Waals surface area contributed by atoms with Gasteiger partial charge < -0.3 is 16.1 Å². The number of benzene rings is 3. The summed E-state index contributed by atoms with van der Waals surface area (Å²) < 4.78 is 23.5. The summed E-state index contributed by atoms with van der Waals surface area (Å²) in [5, 5.41) is 19.9. The van der Waals surface area contributed by atoms with Crippen molar-refractivity contribution in [1.82, 2.24) is 21.0 Å². The maximum absolute atomic E-state index is 13.9. The number of rotatable bonds is 10. The van der Waals surface area contributed by atoms with Gasteiger partial charge in [0.2, 0.25) is 0 Å². The van der Waals surface area contributed by atoms with Gasteiger partial charge in [-0.25, -0.2) is 4.39 Å². The number of hydrazine groups is 2. The first kappa shape index (κ1) is 25.6. The predicted molar refractivity (Wildman–Crippen MR) is 161 cm³/mol. The lowest BCUT2D eigenvalue weighted by Crippen LogP contribution is -2.38. The number of nitriles is 1. The number of fused-ring (bicyclic) bond motifs is 1. The van der Waals surface area contributed by atoms with Crippen LogP contribution in [-0.4, -0.2) is 22.1 Å². The predicted octanol–water partition coefficient (Wildman–Crippen LogP) is 6.81. The highest BCUT2D eigenvalue weighted by Gasteiger charge is 2.32. The van der Waals surface area contributed by atoms with Gasteiger partial charge in [0.05, 0.1) is 34.9 Å². The molecule has 1 aliphatic carbocycles. The fourth-order valence-electron chi connectivity index (χ4n) is 5.03. The Morgan fingerprint density at radius 3 is 2.66 bits per heavy atom. The van der Waals surface area contributed by atoms with Gasteiger partial charge in [-0.05, 0) is 61.1 Å². The maximum Gasteiger partial charge on any atom is 0.123 e. The SMILES string of the molecule is [2H][C@@](Nc1cc(Cl)c2ncc(C#N)c(NC(CC)Cc3ccccc3)c2c1)(C1=CN(C2CC2)NN1)c1ccc(F)cc1. The molecule has 7 nitrogen and oxygen atoms in total. The van der Waals surface area contributed by atoms with Gasteiger partial charge in [0, 0.05) is 35.6 Å². The molecule has 1 aliphatic heterocycles. The number of pyridine rings is 1. The molecule has 2 heterocycles. The summed E-state index contributed by atoms with van der Waals surface area (Å²) in [4.78, 5) is 4.50. The average molecular weight is 569 g/mol. The zero-order valence-corrected chi connectivity index (χ0v) is 23.3. The molecule has 0 spiro atoms. The van der Waals surface area contributed by atoms with E-state index in [1.165, 1.54) is 23.9 Å². The fraction of sp³-hybridized carbons (Fsp3) is 0.250. The molecule has 3 aromatic carbocycles. The maximum atomic E-state index is 13.9. The molecule has 0 bridgehead atoms. The van der Waals surface area contributed by atoms with Crippen molar-refractivity contribution in [2.45, 2.75) is 50.7 Å². The van der Waals surface area contributed by atoms with Gasteiger partial charge in [-0.3, -0.25) is 9.99 Å². The van der Waals surface area contributed by atoms with Gasteiger partial charge in [-0.1, -0.05) is 61.0 Å². The summed E-state index contributed by atoms with van der Waals surface area (Å²) in [6, 6.07) is 20.9. The van der Waals surface area contributed by atoms with Crippen LogP contribution in [0.3, 0.4) is 0 Å². The van der Waals surface area contributed by atoms with Crippen LogP contribution in [0.15, 0.2) is 84.8 Å². The lowest BCUT2D eigenvalue weighted by atomic mass is 10.0. The highest BCUT2D eigenvalue weighted by Crippen LogP contribution is 2.37. The van der Waals surface area contributed by atoms with E-state index in [1.807, 2.05) is 35.5 Å². The van der Waals surface area contributed by atoms with Crippen molar-refractivity contribution in [1.29, 1.82) is 5.26 Å². The quantitative estimate of drug-likeness (QED) is 0.167. The molecule has 1 saturated carbocycles. The Kier molecular flexibility index (Phi) is 7.29. The third kappa shape index (κ3) is 5.92. The molecule has 9 heteroatoms. The molecule has 1 aromatic heterocycles. The van der Waals surface area contributed by atoms with E-state index in [4.69, 9.17) is 11.6 Å². The molecular formula is C32H31ClFN7. The fourth-order valence-corrected chi connectivity index (χ4v) is 5.30. The van der Waals surface area contributed by atoms with E-state index in [0.717, 1.165) is 25.7 Å². The van der Waals surface area contributed by atoms with Gasteiger partial charge in [-0.15, -0.1) is 5.53 Å². The van der Waals surface area contributed by atoms with Crippen LogP contribution in [0.2, 0.25) is 5.02 Å². The Morgan fingerprint density at radius 2 is 1.95 bits per heavy atom. The van der Waals surface area contributed by atoms with Crippen molar-refractivity contribution in [3.05, 3.63) is 112 Å². The molecule has 6 rings (SSSR count). The van der Waals surface area contributed by atoms with Gasteiger partial charge in [0.25, 0.3) is 0 Å². The highest BCUT2D eigenvalue weighted by atomic mass is 35.5. The van der Waals surface area contributed by atoms with Crippen LogP contribution in [-0.2, 0) is 6.42 Å². The van der Waals surface area contributed by atoms with Crippen molar-refractivity contribution < 1.29 is 5.76 Å². The highest BCUT2D eigenvalue weighted by molar-refractivity contribution is 6.35. The third-order valence-corrected chi connectivity index (χ3v) is 7.70. The van der Waals surface area contributed by atoms with Crippen molar-refractivity contribution in [3.8, 4) is 6.07 Å². The number of anilines is 2. The molecule has 0 amide bonds. The van der Waals surface area contributed by atoms with Crippen molar-refractivity contribution >= 4 is 33.9 Å². The number of hydrogen-bond acceptors (Lipinski definition) is 7. The van der Waals surface area contributed by atoms with Crippen molar-refractivity contribution in [3.63, 3.8) is 0 Å². The molecule has 208 valence electrons. The first-order chi connectivity index (χ1) is 20.4. The van der Waals surface area contributed by atoms with Crippen LogP contribution >= 0.6 is 11.6 Å². The molecular weight excluding hydrogens is 537 g/mol. The van der Waals surface area contributed by atoms with E-state index in [2.05, 4.69) is 51.7 Å². The third-order valence-electron chi connectivity index (χ3n) is 7.41. The largest absolute Gasteiger partial charge is 0.380 e. The van der Waals surface area contributed by atoms with Gasteiger partial charge >= 0.3 is 0 Å². The summed E-state index contributed by atoms with van der Waals surface area (Å²) in [6.45, 7) is 2.11. The van der Waals surface area contributed by atoms with Gasteiger partial charge in [-0.2, -0.15) is 5.26 Å². The van der Waals surface area contributed by atoms with E-state index >= 15 is 0 Å². The second kappa shape index (κ2) is 11.7. The van der Waals surface area contributed by atoms with Crippen LogP contribution in [0.1, 0.15) is 50.3 Å². The standard InChI is InChI=1S/C32H31ClFN7/c1-2-24(14-20-6-4-3-5-7-20)37-30-22(17-35)18-36-32-27(30)15-25(16-28(32)33)38-31(21-8-10-23(34)11-9-21)29-19-41(40-39-29)26-12-13-26/h3-11,15-16,18-19,24,26,31,38-40H,2,12-14H2,1H3,(H,36,37)/t24?,31-/m0/s1/i31D. The van der Waals surface area contributed by atoms with E-state index in [1.54, 1.807) is 18.2 Å². The molecule has 1 fully saturated rings. The zero-order chi connectivity index (χ0) is 29.3. The van der Waals surface area contributed by atoms with E-state index in [-0.39, 0.29) is 11.9 Å². The lowest BCUT2D eigenvalue weighted by molar-refractivity contribution is 0.260. The minimum absolute atomic E-state index is 0.0577. The zero-order valence-electron chi connectivity index (χ0n) is 23.6. The monoisotopic (exact) mass is 568 g/mol. The van der Waals surface area contributed by atoms with E-state index in [0.29, 0.717) is 50.2 Å². The van der Waals surface area contributed by atoms with Crippen molar-refractivity contribution in [2.24, 2.45) is 0 Å². The van der Waals surface area contributed by atoms with Crippen molar-refractivity contribution in [2.75, 3.05) is 10.6 Å². The number of nitrogens with zero attached hydrogens (tertiary/aromatic N) is 3. The molecule has 4 aromatic rings. The van der Waals surface area contributed by atoms with Crippen LogP contribution in [0.5, 0.6) is 0 Å². The molecule has 1 unspecified atom stereocenters. The summed E-state index contributed by atoms with van der Waals surface area (Å²) in [6.07, 6.45) is 7.17. The number of halogens is 2. The molecule has 41 heavy (non-hydrogen) atoms. The summed E-state index contributed by atoms with van der Waals surface area (Å²) in [5.41, 5.74) is 10.7. The Hall–Kier alpha value is -4.32. The van der Waals surface area contributed by atoms with Crippen LogP contribution in [0, 0.1) is 17.1 Å². The van der Waals surface area contributed by atoms with Crippen LogP contribution in [0.25, 0.3) is 10.9 Å². The minimum Gasteiger partial charge on any atom is -0.380 e. The van der Waals surface area contributed by atoms with Gasteiger partial charge in [0.15, 0.2) is 0 Å². The molecule has 2 atom stereocenters. The van der Waals surface area contributed by atoms with E-state index in [9.17, 15) is 11.0 Å². The van der Waals surface area contributed by atoms with Gasteiger partial charge in [0.1, 0.15) is 11.9 Å². The normalized spacial score (nSPS) is 17.2. The first-order valence-electron chi connectivity index (χ1n) is 14.3. The number of hydrogen-bond donors (Lipinski definition) is 4. The van der Waals surface area contributed by atoms with E-state index < -0.39 is 6.02 Å². The summed E-state index contributed by atoms with van der Waals surface area (Å²) >= 11 is 6.78. The topological polar surface area (TPSA) is 88.0 Å². The Bertz CT molecular complexity index is 1670. The van der Waals surface area contributed by atoms with Crippen LogP contribution < -0.4 is 21.6 Å². The Morgan fingerprint density at radius 1 is 1.17 bits per heavy atom. The molecule has 4 N–H and O–H groups in total. The molecule has 2 aliphatic rings. The second-order valence-corrected chi connectivity index (χ2v) is 10.8. The molecule has 0 radical (unpaired) electrons. The average Bonchev–Trinajstić information content (AvgIpc) is 3.73. The Labute approximate surface area is 245 Å². The summed E-state index contributed by atoms with van der Waals surface area (Å²) in [7, 11) is 0. The first-order valence-corrected chi connectivity index (χ1v) is 14.1. The number of nitrogens with one attached hydrogen (secondary N) is 4. The summed E-state index contributed by atoms with van der Waals surface area (Å²) in [5.74, 6) is -0.382.